The van der Waals surface area contributed by atoms with E-state index in [2.05, 4.69) is 41.2 Å². The molecule has 3 aromatic rings. The van der Waals surface area contributed by atoms with Crippen LogP contribution in [-0.4, -0.2) is 85.4 Å². The Labute approximate surface area is 323 Å². The van der Waals surface area contributed by atoms with Crippen molar-refractivity contribution in [2.75, 3.05) is 49.7 Å². The van der Waals surface area contributed by atoms with Crippen LogP contribution in [0, 0.1) is 11.8 Å². The zero-order chi connectivity index (χ0) is 37.7. The highest BCUT2D eigenvalue weighted by molar-refractivity contribution is 7.91. The van der Waals surface area contributed by atoms with Gasteiger partial charge in [0.15, 0.2) is 21.3 Å². The molecular weight excluding hydrogens is 726 g/mol. The number of rotatable bonds is 10. The Morgan fingerprint density at radius 2 is 1.93 bits per heavy atom. The van der Waals surface area contributed by atoms with Crippen LogP contribution in [0.5, 0.6) is 17.2 Å². The quantitative estimate of drug-likeness (QED) is 0.221. The smallest absolute Gasteiger partial charge is 0.329 e. The van der Waals surface area contributed by atoms with Crippen LogP contribution >= 0.6 is 11.6 Å². The van der Waals surface area contributed by atoms with E-state index in [1.807, 2.05) is 24.4 Å². The van der Waals surface area contributed by atoms with Crippen LogP contribution < -0.4 is 19.5 Å². The number of hydrogen-bond donors (Lipinski definition) is 2. The van der Waals surface area contributed by atoms with Crippen molar-refractivity contribution in [1.29, 1.82) is 0 Å². The third-order valence-corrected chi connectivity index (χ3v) is 14.8. The predicted molar refractivity (Wildman–Crippen MR) is 209 cm³/mol. The lowest BCUT2D eigenvalue weighted by Gasteiger charge is -2.47. The van der Waals surface area contributed by atoms with Crippen molar-refractivity contribution in [2.24, 2.45) is 11.8 Å². The molecule has 2 aromatic carbocycles. The number of hydrogen-bond acceptors (Lipinski definition) is 9. The van der Waals surface area contributed by atoms with Gasteiger partial charge in [-0.15, -0.1) is 0 Å². The van der Waals surface area contributed by atoms with Gasteiger partial charge in [0.2, 0.25) is 0 Å². The van der Waals surface area contributed by atoms with E-state index < -0.39 is 21.3 Å². The number of anilines is 1. The molecule has 10 nitrogen and oxygen atoms in total. The Kier molecular flexibility index (Phi) is 10.3. The second kappa shape index (κ2) is 14.8. The Hall–Kier alpha value is -3.54. The fraction of sp³-hybridized carbons (Fsp3) is 0.571. The number of aryl methyl sites for hydroxylation is 1. The van der Waals surface area contributed by atoms with Gasteiger partial charge in [0.1, 0.15) is 24.0 Å². The average Bonchev–Trinajstić information content (AvgIpc) is 3.42. The Morgan fingerprint density at radius 1 is 1.13 bits per heavy atom. The standard InChI is InChI=1S/C42H52ClN3O7S/c1-27(25-51-36-9-14-44-35-8-3-5-28(2)39(35)36)19-30-20-29-21-37-38(53-33(26-52-37)24-46-15-17-54(49,50)18-16-46)23-34(29)41(30)10-12-42(13-11-41,40(47)48)45-32-7-4-6-31(43)22-32/h4,6-7,9,14,21-23,27-28,30,33,45H,3,5,8,10-13,15-20,24-26H2,1-2H3,(H,47,48)/t27-,28-,30+,33+,41?,42?/m1/s1. The number of nitrogens with one attached hydrogen (secondary N) is 1. The number of pyridine rings is 1. The van der Waals surface area contributed by atoms with E-state index in [4.69, 9.17) is 25.8 Å². The van der Waals surface area contributed by atoms with Gasteiger partial charge in [0, 0.05) is 47.8 Å². The molecule has 1 saturated heterocycles. The molecule has 0 amide bonds. The van der Waals surface area contributed by atoms with Crippen molar-refractivity contribution >= 4 is 33.1 Å². The number of carboxylic acids is 1. The molecule has 4 atom stereocenters. The zero-order valence-electron chi connectivity index (χ0n) is 31.3. The summed E-state index contributed by atoms with van der Waals surface area (Å²) in [6.07, 6.45) is 9.14. The van der Waals surface area contributed by atoms with E-state index in [1.165, 1.54) is 22.4 Å². The fourth-order valence-electron chi connectivity index (χ4n) is 10.0. The maximum absolute atomic E-state index is 13.1. The average molecular weight is 778 g/mol. The zero-order valence-corrected chi connectivity index (χ0v) is 32.9. The molecule has 54 heavy (non-hydrogen) atoms. The molecular formula is C42H52ClN3O7S. The van der Waals surface area contributed by atoms with Crippen LogP contribution in [0.2, 0.25) is 5.02 Å². The van der Waals surface area contributed by atoms with Gasteiger partial charge in [-0.25, -0.2) is 13.2 Å². The van der Waals surface area contributed by atoms with E-state index >= 15 is 0 Å². The number of halogens is 1. The first-order valence-corrected chi connectivity index (χ1v) is 21.9. The lowest BCUT2D eigenvalue weighted by Crippen LogP contribution is -2.53. The molecule has 2 aliphatic heterocycles. The molecule has 5 aliphatic rings. The van der Waals surface area contributed by atoms with Crippen LogP contribution in [0.15, 0.2) is 48.7 Å². The van der Waals surface area contributed by atoms with Crippen molar-refractivity contribution in [2.45, 2.75) is 94.6 Å². The number of carbonyl (C=O) groups is 1. The molecule has 0 bridgehead atoms. The second-order valence-electron chi connectivity index (χ2n) is 16.7. The highest BCUT2D eigenvalue weighted by atomic mass is 35.5. The van der Waals surface area contributed by atoms with Crippen molar-refractivity contribution < 1.29 is 32.5 Å². The minimum atomic E-state index is -2.97. The van der Waals surface area contributed by atoms with E-state index in [-0.39, 0.29) is 34.9 Å². The maximum atomic E-state index is 13.1. The largest absolute Gasteiger partial charge is 0.493 e. The van der Waals surface area contributed by atoms with E-state index in [9.17, 15) is 18.3 Å². The van der Waals surface area contributed by atoms with Gasteiger partial charge >= 0.3 is 5.97 Å². The molecule has 1 saturated carbocycles. The number of ether oxygens (including phenoxy) is 3. The summed E-state index contributed by atoms with van der Waals surface area (Å²) in [6, 6.07) is 13.6. The number of sulfone groups is 1. The summed E-state index contributed by atoms with van der Waals surface area (Å²) in [6.45, 7) is 7.16. The molecule has 3 heterocycles. The van der Waals surface area contributed by atoms with Gasteiger partial charge in [-0.3, -0.25) is 9.88 Å². The summed E-state index contributed by atoms with van der Waals surface area (Å²) >= 11 is 6.30. The molecule has 290 valence electrons. The van der Waals surface area contributed by atoms with Gasteiger partial charge in [-0.05, 0) is 128 Å². The number of aromatic nitrogens is 1. The summed E-state index contributed by atoms with van der Waals surface area (Å²) in [5.41, 5.74) is 4.27. The first-order valence-electron chi connectivity index (χ1n) is 19.7. The van der Waals surface area contributed by atoms with Gasteiger partial charge in [0.05, 0.1) is 18.1 Å². The summed E-state index contributed by atoms with van der Waals surface area (Å²) in [5, 5.41) is 14.7. The third kappa shape index (κ3) is 7.40. The predicted octanol–water partition coefficient (Wildman–Crippen LogP) is 7.07. The highest BCUT2D eigenvalue weighted by Gasteiger charge is 2.54. The topological polar surface area (TPSA) is 127 Å². The first-order chi connectivity index (χ1) is 25.9. The number of fused-ring (bicyclic) bond motifs is 4. The summed E-state index contributed by atoms with van der Waals surface area (Å²) < 4.78 is 43.6. The van der Waals surface area contributed by atoms with Crippen molar-refractivity contribution in [1.82, 2.24) is 9.88 Å². The van der Waals surface area contributed by atoms with Crippen LogP contribution in [0.25, 0.3) is 0 Å². The van der Waals surface area contributed by atoms with Crippen LogP contribution in [0.4, 0.5) is 5.69 Å². The summed E-state index contributed by atoms with van der Waals surface area (Å²) in [7, 11) is -2.97. The molecule has 1 spiro atoms. The molecule has 0 radical (unpaired) electrons. The molecule has 2 fully saturated rings. The number of carboxylic acid groups (broad SMARTS) is 1. The second-order valence-corrected chi connectivity index (χ2v) is 19.4. The number of benzene rings is 2. The molecule has 2 N–H and O–H groups in total. The minimum absolute atomic E-state index is 0.173. The number of nitrogens with zero attached hydrogens (tertiary/aromatic N) is 2. The normalized spacial score (nSPS) is 29.2. The van der Waals surface area contributed by atoms with Crippen LogP contribution in [0.1, 0.15) is 87.1 Å². The summed E-state index contributed by atoms with van der Waals surface area (Å²) in [4.78, 5) is 19.9. The van der Waals surface area contributed by atoms with E-state index in [0.717, 1.165) is 49.4 Å². The van der Waals surface area contributed by atoms with E-state index in [1.54, 1.807) is 12.1 Å². The van der Waals surface area contributed by atoms with Gasteiger partial charge in [0.25, 0.3) is 0 Å². The van der Waals surface area contributed by atoms with Crippen molar-refractivity contribution in [3.8, 4) is 17.2 Å². The van der Waals surface area contributed by atoms with Gasteiger partial charge < -0.3 is 24.6 Å². The Morgan fingerprint density at radius 3 is 2.69 bits per heavy atom. The first kappa shape index (κ1) is 37.4. The lowest BCUT2D eigenvalue weighted by molar-refractivity contribution is -0.144. The summed E-state index contributed by atoms with van der Waals surface area (Å²) in [5.74, 6) is 2.90. The van der Waals surface area contributed by atoms with Crippen LogP contribution in [-0.2, 0) is 32.9 Å². The highest BCUT2D eigenvalue weighted by Crippen LogP contribution is 2.58. The fourth-order valence-corrected chi connectivity index (χ4v) is 11.5. The molecule has 12 heteroatoms. The molecule has 1 aromatic heterocycles. The maximum Gasteiger partial charge on any atom is 0.329 e. The van der Waals surface area contributed by atoms with Gasteiger partial charge in [-0.2, -0.15) is 0 Å². The van der Waals surface area contributed by atoms with E-state index in [0.29, 0.717) is 75.2 Å². The minimum Gasteiger partial charge on any atom is -0.493 e. The van der Waals surface area contributed by atoms with Crippen LogP contribution in [0.3, 0.4) is 0 Å². The lowest BCUT2D eigenvalue weighted by atomic mass is 9.59. The molecule has 0 unspecified atom stereocenters. The van der Waals surface area contributed by atoms with Crippen molar-refractivity contribution in [3.05, 3.63) is 76.1 Å². The number of aliphatic carboxylic acids is 1. The van der Waals surface area contributed by atoms with Gasteiger partial charge in [-0.1, -0.05) is 31.5 Å². The molecule has 3 aliphatic carbocycles. The Bertz CT molecular complexity index is 1990. The SMILES string of the molecule is C[C@@H](COc1ccnc2c1[C@H](C)CCC2)C[C@H]1Cc2cc3c(cc2C12CCC(Nc1cccc(Cl)c1)(C(=O)O)CC2)O[C@@H](CN1CCS(=O)(=O)CC1)CO3. The Balaban J connectivity index is 1.04. The molecule has 8 rings (SSSR count). The third-order valence-electron chi connectivity index (χ3n) is 13.0. The monoisotopic (exact) mass is 777 g/mol. The van der Waals surface area contributed by atoms with Crippen molar-refractivity contribution in [3.63, 3.8) is 0 Å².